The summed E-state index contributed by atoms with van der Waals surface area (Å²) < 4.78 is 27.8. The van der Waals surface area contributed by atoms with Gasteiger partial charge in [0.15, 0.2) is 12.6 Å². The first-order valence-corrected chi connectivity index (χ1v) is 22.5. The maximum Gasteiger partial charge on any atom is 0.182 e. The van der Waals surface area contributed by atoms with E-state index in [0.29, 0.717) is 64.5 Å². The van der Waals surface area contributed by atoms with Crippen LogP contribution >= 0.6 is 0 Å². The first kappa shape index (κ1) is 46.8. The standard InChI is InChI=1S/C48H80O5.V.W/c1-15-38-29(4)27(2)31(6)42(51-38)53-41-30(5)28(3)33(8)50-43(41)52-39-19-20-45(12)35(32(39)7)18-21-47(14)40(45)17-16-36-37-26-44(10,11)22-24-48(37,34(9)49)25-23-46(36,47)13;;/h25,27-31,33,35-43H,15-24,26H2,1-14H3;;/q-2;;/t27-,28+,29+,30-,31?,33?,35-,36?,37?,38?,39-,40?,41?,42-,43-,45?,46?,47?,48+;;/m0../s1. The van der Waals surface area contributed by atoms with Crippen molar-refractivity contribution in [1.82, 2.24) is 0 Å². The van der Waals surface area contributed by atoms with E-state index >= 15 is 0 Å². The Kier molecular flexibility index (Phi) is 14.1. The second-order valence-corrected chi connectivity index (χ2v) is 22.1. The third-order valence-corrected chi connectivity index (χ3v) is 19.6. The van der Waals surface area contributed by atoms with Gasteiger partial charge in [0.1, 0.15) is 11.9 Å². The van der Waals surface area contributed by atoms with E-state index in [1.807, 2.05) is 6.92 Å². The molecule has 0 spiro atoms. The fourth-order valence-electron chi connectivity index (χ4n) is 15.0. The summed E-state index contributed by atoms with van der Waals surface area (Å²) in [5, 5.41) is 0. The van der Waals surface area contributed by atoms with Crippen LogP contribution in [0.25, 0.3) is 0 Å². The summed E-state index contributed by atoms with van der Waals surface area (Å²) >= 11 is 0. The monoisotopic (exact) mass is 971 g/mol. The van der Waals surface area contributed by atoms with Crippen molar-refractivity contribution in [1.29, 1.82) is 0 Å². The van der Waals surface area contributed by atoms with Crippen molar-refractivity contribution in [3.8, 4) is 0 Å². The summed E-state index contributed by atoms with van der Waals surface area (Å²) in [6.45, 7) is 33.4. The van der Waals surface area contributed by atoms with Crippen LogP contribution in [0.3, 0.4) is 0 Å². The first-order chi connectivity index (χ1) is 24.7. The fraction of sp³-hybridized carbons (Fsp3) is 0.938. The van der Waals surface area contributed by atoms with Crippen LogP contribution < -0.4 is 0 Å². The molecule has 0 amide bonds. The van der Waals surface area contributed by atoms with Gasteiger partial charge in [-0.1, -0.05) is 124 Å². The van der Waals surface area contributed by atoms with Gasteiger partial charge in [-0.2, -0.15) is 19.3 Å². The molecule has 0 aromatic heterocycles. The molecule has 1 radical (unpaired) electrons. The predicted octanol–water partition coefficient (Wildman–Crippen LogP) is 11.7. The van der Waals surface area contributed by atoms with Crippen molar-refractivity contribution in [3.05, 3.63) is 12.3 Å². The number of hydrogen-bond acceptors (Lipinski definition) is 5. The summed E-state index contributed by atoms with van der Waals surface area (Å²) in [5.74, 6) is 6.40. The van der Waals surface area contributed by atoms with Gasteiger partial charge in [0, 0.05) is 45.5 Å². The zero-order valence-corrected chi connectivity index (χ0v) is 41.7. The van der Waals surface area contributed by atoms with Crippen LogP contribution in [-0.4, -0.2) is 42.8 Å². The minimum absolute atomic E-state index is 0. The Balaban J connectivity index is 0.00000290. The average Bonchev–Trinajstić information content (AvgIpc) is 3.10. The largest absolute Gasteiger partial charge is 0.379 e. The van der Waals surface area contributed by atoms with Gasteiger partial charge in [-0.25, -0.2) is 0 Å². The van der Waals surface area contributed by atoms with Crippen molar-refractivity contribution >= 4 is 5.78 Å². The molecular formula is C48H80O5VW-2. The predicted molar refractivity (Wildman–Crippen MR) is 213 cm³/mol. The van der Waals surface area contributed by atoms with Crippen LogP contribution in [0.2, 0.25) is 0 Å². The first-order valence-electron chi connectivity index (χ1n) is 22.5. The third kappa shape index (κ3) is 7.38. The van der Waals surface area contributed by atoms with Gasteiger partial charge in [-0.3, -0.25) is 5.92 Å². The van der Waals surface area contributed by atoms with Gasteiger partial charge < -0.3 is 30.2 Å². The van der Waals surface area contributed by atoms with Gasteiger partial charge in [0.05, 0.1) is 12.2 Å². The minimum atomic E-state index is -0.395. The molecule has 19 atom stereocenters. The SMILES string of the molecule is CCC1O[C@@H](OC2[C@H](O[C@H]3CCC4(C)C5CCC6C7CC(C)(C)CC[C@]7(C(C)=O)[CH-]CC6(C)C5(C)CC[C@H]4[C-]3C)OC(C)[C@H](C)[C@@H]2C)C(C)[C@@H](C)[C@H]1C.[V].[W]. The summed E-state index contributed by atoms with van der Waals surface area (Å²) in [6, 6.07) is 0. The Morgan fingerprint density at radius 2 is 1.45 bits per heavy atom. The zero-order valence-electron chi connectivity index (χ0n) is 37.4. The molecule has 7 rings (SSSR count). The Bertz CT molecular complexity index is 1360. The molecule has 7 heteroatoms. The van der Waals surface area contributed by atoms with Gasteiger partial charge in [0.2, 0.25) is 0 Å². The van der Waals surface area contributed by atoms with E-state index in [-0.39, 0.29) is 92.0 Å². The summed E-state index contributed by atoms with van der Waals surface area (Å²) in [7, 11) is 0. The second-order valence-electron chi connectivity index (χ2n) is 22.1. The van der Waals surface area contributed by atoms with E-state index < -0.39 is 6.29 Å². The Hall–Kier alpha value is 0.783. The van der Waals surface area contributed by atoms with Crippen molar-refractivity contribution in [2.75, 3.05) is 0 Å². The van der Waals surface area contributed by atoms with Gasteiger partial charge in [0.25, 0.3) is 0 Å². The molecule has 5 saturated carbocycles. The van der Waals surface area contributed by atoms with E-state index in [2.05, 4.69) is 96.4 Å². The van der Waals surface area contributed by atoms with Crippen molar-refractivity contribution in [2.45, 2.75) is 205 Å². The molecule has 5 nitrogen and oxygen atoms in total. The van der Waals surface area contributed by atoms with Gasteiger partial charge in [-0.05, 0) is 105 Å². The Morgan fingerprint density at radius 3 is 2.11 bits per heavy atom. The molecule has 7 aliphatic rings. The molecule has 5 aliphatic carbocycles. The van der Waals surface area contributed by atoms with E-state index in [9.17, 15) is 4.79 Å². The fourth-order valence-corrected chi connectivity index (χ4v) is 15.0. The number of ether oxygens (including phenoxy) is 4. The smallest absolute Gasteiger partial charge is 0.182 e. The van der Waals surface area contributed by atoms with Crippen molar-refractivity contribution in [2.24, 2.45) is 80.3 Å². The quantitative estimate of drug-likeness (QED) is 0.196. The van der Waals surface area contributed by atoms with Gasteiger partial charge in [-0.15, -0.1) is 0 Å². The molecule has 55 heavy (non-hydrogen) atoms. The molecule has 2 saturated heterocycles. The number of hydrogen-bond donors (Lipinski definition) is 0. The summed E-state index contributed by atoms with van der Waals surface area (Å²) in [4.78, 5) is 13.5. The molecule has 0 aromatic rings. The molecule has 7 fully saturated rings. The topological polar surface area (TPSA) is 54.0 Å². The summed E-state index contributed by atoms with van der Waals surface area (Å²) in [6.07, 6.45) is 15.1. The van der Waals surface area contributed by atoms with E-state index in [1.165, 1.54) is 44.9 Å². The number of Topliss-reactive ketones (excluding diaryl/α,β-unsaturated/α-hetero) is 1. The molecule has 0 N–H and O–H groups in total. The van der Waals surface area contributed by atoms with E-state index in [4.69, 9.17) is 18.9 Å². The van der Waals surface area contributed by atoms with Crippen LogP contribution in [0.5, 0.6) is 0 Å². The number of rotatable bonds is 6. The van der Waals surface area contributed by atoms with Crippen LogP contribution in [0.1, 0.15) is 168 Å². The number of carbonyl (C=O) groups excluding carboxylic acids is 1. The van der Waals surface area contributed by atoms with Gasteiger partial charge >= 0.3 is 0 Å². The molecule has 315 valence electrons. The average molecular weight is 972 g/mol. The van der Waals surface area contributed by atoms with E-state index in [1.54, 1.807) is 5.92 Å². The molecular weight excluding hydrogens is 891 g/mol. The second kappa shape index (κ2) is 16.6. The third-order valence-electron chi connectivity index (χ3n) is 19.6. The van der Waals surface area contributed by atoms with Crippen LogP contribution in [0.15, 0.2) is 0 Å². The molecule has 10 unspecified atom stereocenters. The van der Waals surface area contributed by atoms with Crippen LogP contribution in [0.4, 0.5) is 0 Å². The minimum Gasteiger partial charge on any atom is -0.379 e. The number of ketones is 1. The molecule has 0 bridgehead atoms. The van der Waals surface area contributed by atoms with Crippen LogP contribution in [-0.2, 0) is 63.4 Å². The molecule has 2 heterocycles. The maximum atomic E-state index is 13.5. The zero-order chi connectivity index (χ0) is 38.6. The van der Waals surface area contributed by atoms with Crippen molar-refractivity contribution in [3.63, 3.8) is 0 Å². The summed E-state index contributed by atoms with van der Waals surface area (Å²) in [5.41, 5.74) is 0.880. The molecule has 2 aliphatic heterocycles. The number of fused-ring (bicyclic) bond motifs is 7. The van der Waals surface area contributed by atoms with Crippen LogP contribution in [0, 0.1) is 92.7 Å². The van der Waals surface area contributed by atoms with Crippen molar-refractivity contribution < 1.29 is 63.4 Å². The number of carbonyl (C=O) groups is 1. The Morgan fingerprint density at radius 1 is 0.764 bits per heavy atom. The van der Waals surface area contributed by atoms with E-state index in [0.717, 1.165) is 25.7 Å². The normalized spacial score (nSPS) is 53.6. The maximum absolute atomic E-state index is 13.5. The Labute approximate surface area is 364 Å². The molecule has 0 aromatic carbocycles.